The van der Waals surface area contributed by atoms with Crippen molar-refractivity contribution in [2.24, 2.45) is 0 Å². The number of hydrogen-bond donors (Lipinski definition) is 1. The number of hydrogen-bond acceptors (Lipinski definition) is 2. The van der Waals surface area contributed by atoms with Gasteiger partial charge >= 0.3 is 5.76 Å². The van der Waals surface area contributed by atoms with Crippen LogP contribution in [0.15, 0.2) is 39.7 Å². The Hall–Kier alpha value is -1.48. The molecule has 0 saturated carbocycles. The van der Waals surface area contributed by atoms with Crippen LogP contribution >= 0.6 is 11.6 Å². The number of H-pyrrole nitrogens is 1. The van der Waals surface area contributed by atoms with E-state index in [9.17, 15) is 4.79 Å². The van der Waals surface area contributed by atoms with Gasteiger partial charge in [0, 0.05) is 10.6 Å². The molecule has 4 heteroatoms. The van der Waals surface area contributed by atoms with Crippen molar-refractivity contribution in [2.75, 3.05) is 0 Å². The summed E-state index contributed by atoms with van der Waals surface area (Å²) in [6.45, 7) is 0. The molecular formula is C9H6ClNO2. The monoisotopic (exact) mass is 195 g/mol. The zero-order valence-electron chi connectivity index (χ0n) is 6.58. The van der Waals surface area contributed by atoms with Crippen molar-refractivity contribution in [1.29, 1.82) is 0 Å². The number of halogens is 1. The Morgan fingerprint density at radius 1 is 1.38 bits per heavy atom. The van der Waals surface area contributed by atoms with Gasteiger partial charge in [-0.05, 0) is 12.1 Å². The Bertz CT molecular complexity index is 472. The van der Waals surface area contributed by atoms with Gasteiger partial charge in [-0.1, -0.05) is 23.7 Å². The van der Waals surface area contributed by atoms with E-state index in [1.807, 2.05) is 12.1 Å². The summed E-state index contributed by atoms with van der Waals surface area (Å²) in [7, 11) is 0. The second-order valence-corrected chi connectivity index (χ2v) is 3.01. The van der Waals surface area contributed by atoms with Gasteiger partial charge in [-0.3, -0.25) is 4.98 Å². The lowest BCUT2D eigenvalue weighted by atomic mass is 10.2. The van der Waals surface area contributed by atoms with Crippen molar-refractivity contribution in [3.63, 3.8) is 0 Å². The average Bonchev–Trinajstić information content (AvgIpc) is 2.52. The smallest absolute Gasteiger partial charge is 0.416 e. The fraction of sp³-hybridized carbons (Fsp3) is 0. The molecule has 1 heterocycles. The zero-order chi connectivity index (χ0) is 9.26. The Morgan fingerprint density at radius 3 is 2.85 bits per heavy atom. The first-order chi connectivity index (χ1) is 6.25. The molecule has 0 fully saturated rings. The predicted octanol–water partition coefficient (Wildman–Crippen LogP) is 2.29. The lowest BCUT2D eigenvalue weighted by Gasteiger charge is -1.95. The maximum atomic E-state index is 10.7. The van der Waals surface area contributed by atoms with Crippen LogP contribution in [0, 0.1) is 0 Å². The molecule has 0 aliphatic heterocycles. The molecule has 0 aliphatic rings. The van der Waals surface area contributed by atoms with Crippen LogP contribution in [0.2, 0.25) is 5.02 Å². The van der Waals surface area contributed by atoms with E-state index in [0.29, 0.717) is 10.7 Å². The highest BCUT2D eigenvalue weighted by atomic mass is 35.5. The number of aromatic amines is 1. The molecule has 0 atom stereocenters. The van der Waals surface area contributed by atoms with Crippen molar-refractivity contribution in [1.82, 2.24) is 4.98 Å². The third-order valence-corrected chi connectivity index (χ3v) is 1.89. The number of nitrogens with one attached hydrogen (secondary N) is 1. The van der Waals surface area contributed by atoms with Crippen LogP contribution in [0.1, 0.15) is 0 Å². The fourth-order valence-corrected chi connectivity index (χ4v) is 1.27. The summed E-state index contributed by atoms with van der Waals surface area (Å²) in [4.78, 5) is 13.2. The van der Waals surface area contributed by atoms with Crippen LogP contribution in [-0.2, 0) is 0 Å². The van der Waals surface area contributed by atoms with Gasteiger partial charge in [-0.15, -0.1) is 0 Å². The standard InChI is InChI=1S/C9H6ClNO2/c10-7-3-1-2-6(4-7)8-5-13-9(12)11-8/h1-5H,(H,11,12). The second kappa shape index (κ2) is 3.11. The summed E-state index contributed by atoms with van der Waals surface area (Å²) < 4.78 is 4.60. The van der Waals surface area contributed by atoms with E-state index in [1.54, 1.807) is 12.1 Å². The molecule has 0 radical (unpaired) electrons. The Morgan fingerprint density at radius 2 is 2.23 bits per heavy atom. The maximum Gasteiger partial charge on any atom is 0.416 e. The number of benzene rings is 1. The molecule has 2 rings (SSSR count). The largest absolute Gasteiger partial charge is 0.416 e. The minimum Gasteiger partial charge on any atom is -0.416 e. The molecule has 0 amide bonds. The molecule has 3 nitrogen and oxygen atoms in total. The Labute approximate surface area is 79.0 Å². The van der Waals surface area contributed by atoms with Crippen LogP contribution < -0.4 is 5.76 Å². The lowest BCUT2D eigenvalue weighted by molar-refractivity contribution is 0.515. The van der Waals surface area contributed by atoms with E-state index in [0.717, 1.165) is 5.56 Å². The quantitative estimate of drug-likeness (QED) is 0.759. The fourth-order valence-electron chi connectivity index (χ4n) is 1.08. The normalized spacial score (nSPS) is 10.2. The Kier molecular flexibility index (Phi) is 1.94. The minimum absolute atomic E-state index is 0.463. The number of aromatic nitrogens is 1. The first kappa shape index (κ1) is 8.13. The molecule has 13 heavy (non-hydrogen) atoms. The third-order valence-electron chi connectivity index (χ3n) is 1.66. The molecule has 0 saturated heterocycles. The van der Waals surface area contributed by atoms with Crippen LogP contribution in [0.4, 0.5) is 0 Å². The highest BCUT2D eigenvalue weighted by molar-refractivity contribution is 6.30. The molecule has 1 aromatic carbocycles. The number of oxazole rings is 1. The van der Waals surface area contributed by atoms with Crippen molar-refractivity contribution in [3.05, 3.63) is 46.1 Å². The van der Waals surface area contributed by atoms with Gasteiger partial charge in [0.1, 0.15) is 6.26 Å². The van der Waals surface area contributed by atoms with E-state index in [-0.39, 0.29) is 0 Å². The summed E-state index contributed by atoms with van der Waals surface area (Å²) >= 11 is 5.78. The molecule has 0 spiro atoms. The summed E-state index contributed by atoms with van der Waals surface area (Å²) in [5.74, 6) is -0.463. The molecular weight excluding hydrogens is 190 g/mol. The molecule has 1 aromatic heterocycles. The van der Waals surface area contributed by atoms with Crippen molar-refractivity contribution >= 4 is 11.6 Å². The summed E-state index contributed by atoms with van der Waals surface area (Å²) in [5, 5.41) is 0.625. The molecule has 0 unspecified atom stereocenters. The highest BCUT2D eigenvalue weighted by Gasteiger charge is 2.01. The molecule has 1 N–H and O–H groups in total. The van der Waals surface area contributed by atoms with Gasteiger partial charge < -0.3 is 4.42 Å². The van der Waals surface area contributed by atoms with Crippen molar-refractivity contribution in [2.45, 2.75) is 0 Å². The van der Waals surface area contributed by atoms with Gasteiger partial charge in [-0.25, -0.2) is 4.79 Å². The van der Waals surface area contributed by atoms with Gasteiger partial charge in [0.05, 0.1) is 5.69 Å². The van der Waals surface area contributed by atoms with E-state index in [2.05, 4.69) is 9.40 Å². The first-order valence-electron chi connectivity index (χ1n) is 3.69. The van der Waals surface area contributed by atoms with E-state index < -0.39 is 5.76 Å². The van der Waals surface area contributed by atoms with Gasteiger partial charge in [-0.2, -0.15) is 0 Å². The van der Waals surface area contributed by atoms with Crippen LogP contribution in [0.25, 0.3) is 11.3 Å². The first-order valence-corrected chi connectivity index (χ1v) is 4.07. The molecule has 0 bridgehead atoms. The van der Waals surface area contributed by atoms with E-state index in [4.69, 9.17) is 11.6 Å². The van der Waals surface area contributed by atoms with Crippen molar-refractivity contribution in [3.8, 4) is 11.3 Å². The topological polar surface area (TPSA) is 46.0 Å². The third kappa shape index (κ3) is 1.65. The Balaban J connectivity index is 2.52. The highest BCUT2D eigenvalue weighted by Crippen LogP contribution is 2.19. The summed E-state index contributed by atoms with van der Waals surface area (Å²) in [6, 6.07) is 7.17. The predicted molar refractivity (Wildman–Crippen MR) is 49.8 cm³/mol. The molecule has 2 aromatic rings. The van der Waals surface area contributed by atoms with E-state index in [1.165, 1.54) is 6.26 Å². The number of rotatable bonds is 1. The molecule has 66 valence electrons. The SMILES string of the molecule is O=c1[nH]c(-c2cccc(Cl)c2)co1. The average molecular weight is 196 g/mol. The van der Waals surface area contributed by atoms with E-state index >= 15 is 0 Å². The summed E-state index contributed by atoms with van der Waals surface area (Å²) in [6.07, 6.45) is 1.37. The summed E-state index contributed by atoms with van der Waals surface area (Å²) in [5.41, 5.74) is 1.46. The van der Waals surface area contributed by atoms with Gasteiger partial charge in [0.2, 0.25) is 0 Å². The van der Waals surface area contributed by atoms with Crippen LogP contribution in [0.5, 0.6) is 0 Å². The minimum atomic E-state index is -0.463. The zero-order valence-corrected chi connectivity index (χ0v) is 7.34. The van der Waals surface area contributed by atoms with Gasteiger partial charge in [0.15, 0.2) is 0 Å². The van der Waals surface area contributed by atoms with Gasteiger partial charge in [0.25, 0.3) is 0 Å². The van der Waals surface area contributed by atoms with Crippen LogP contribution in [-0.4, -0.2) is 4.98 Å². The molecule has 0 aliphatic carbocycles. The second-order valence-electron chi connectivity index (χ2n) is 2.57. The van der Waals surface area contributed by atoms with Crippen LogP contribution in [0.3, 0.4) is 0 Å². The lowest BCUT2D eigenvalue weighted by Crippen LogP contribution is -1.94. The van der Waals surface area contributed by atoms with Crippen molar-refractivity contribution < 1.29 is 4.42 Å². The maximum absolute atomic E-state index is 10.7.